The number of nitrogens with one attached hydrogen (secondary N) is 1. The third kappa shape index (κ3) is 1.72. The fourth-order valence-corrected chi connectivity index (χ4v) is 2.44. The molecule has 0 spiro atoms. The summed E-state index contributed by atoms with van der Waals surface area (Å²) in [4.78, 5) is 30.1. The number of amides is 2. The van der Waals surface area contributed by atoms with E-state index in [2.05, 4.69) is 20.4 Å². The largest absolute Gasteiger partial charge is 0.268 e. The van der Waals surface area contributed by atoms with Gasteiger partial charge in [0, 0.05) is 11.8 Å². The summed E-state index contributed by atoms with van der Waals surface area (Å²) < 4.78 is 0. The van der Waals surface area contributed by atoms with Crippen LogP contribution in [0, 0.1) is 0 Å². The van der Waals surface area contributed by atoms with Gasteiger partial charge in [0.2, 0.25) is 0 Å². The summed E-state index contributed by atoms with van der Waals surface area (Å²) in [6.07, 6.45) is 3.10. The first-order valence-corrected chi connectivity index (χ1v) is 6.56. The fraction of sp³-hybridized carbons (Fsp3) is 0. The minimum absolute atomic E-state index is 0.318. The topological polar surface area (TPSA) is 91.8 Å². The van der Waals surface area contributed by atoms with Crippen LogP contribution in [0.3, 0.4) is 0 Å². The standard InChI is InChI=1S/C15H9N5O2/c21-14-10-5-4-9(12-8-17-19-18-12)7-11(10)15(22)20(14)13-3-1-2-6-16-13/h1-8H,(H,17,18,19). The molecule has 1 aromatic carbocycles. The van der Waals surface area contributed by atoms with Crippen LogP contribution in [-0.4, -0.2) is 32.2 Å². The lowest BCUT2D eigenvalue weighted by Crippen LogP contribution is -2.30. The van der Waals surface area contributed by atoms with Gasteiger partial charge >= 0.3 is 0 Å². The monoisotopic (exact) mass is 291 g/mol. The van der Waals surface area contributed by atoms with E-state index < -0.39 is 0 Å². The van der Waals surface area contributed by atoms with Crippen LogP contribution in [0.5, 0.6) is 0 Å². The predicted octanol–water partition coefficient (Wildman–Crippen LogP) is 1.67. The number of carbonyl (C=O) groups excluding carboxylic acids is 2. The number of pyridine rings is 1. The molecule has 0 unspecified atom stereocenters. The van der Waals surface area contributed by atoms with E-state index in [-0.39, 0.29) is 11.8 Å². The summed E-state index contributed by atoms with van der Waals surface area (Å²) in [6.45, 7) is 0. The molecule has 1 N–H and O–H groups in total. The van der Waals surface area contributed by atoms with Crippen molar-refractivity contribution in [3.63, 3.8) is 0 Å². The molecule has 0 aliphatic carbocycles. The average molecular weight is 291 g/mol. The first-order valence-electron chi connectivity index (χ1n) is 6.56. The van der Waals surface area contributed by atoms with Gasteiger partial charge in [-0.2, -0.15) is 0 Å². The van der Waals surface area contributed by atoms with Crippen LogP contribution in [0.1, 0.15) is 20.7 Å². The Morgan fingerprint density at radius 2 is 1.86 bits per heavy atom. The van der Waals surface area contributed by atoms with Gasteiger partial charge in [-0.25, -0.2) is 9.88 Å². The molecule has 3 aromatic rings. The zero-order chi connectivity index (χ0) is 15.1. The second-order valence-electron chi connectivity index (χ2n) is 4.76. The number of imide groups is 1. The maximum atomic E-state index is 12.6. The third-order valence-electron chi connectivity index (χ3n) is 3.49. The van der Waals surface area contributed by atoms with Crippen molar-refractivity contribution in [1.29, 1.82) is 0 Å². The van der Waals surface area contributed by atoms with Gasteiger partial charge in [0.1, 0.15) is 5.82 Å². The maximum Gasteiger partial charge on any atom is 0.267 e. The zero-order valence-electron chi connectivity index (χ0n) is 11.2. The van der Waals surface area contributed by atoms with Crippen LogP contribution in [-0.2, 0) is 0 Å². The number of nitrogens with zero attached hydrogens (tertiary/aromatic N) is 4. The molecule has 3 heterocycles. The Kier molecular flexibility index (Phi) is 2.59. The zero-order valence-corrected chi connectivity index (χ0v) is 11.2. The molecule has 0 radical (unpaired) electrons. The Bertz CT molecular complexity index is 874. The molecule has 1 aliphatic heterocycles. The SMILES string of the molecule is O=C1c2ccc(-c3cnn[nH]3)cc2C(=O)N1c1ccccn1. The summed E-state index contributed by atoms with van der Waals surface area (Å²) in [5, 5.41) is 10.1. The van der Waals surface area contributed by atoms with E-state index in [0.717, 1.165) is 10.5 Å². The Morgan fingerprint density at radius 3 is 2.59 bits per heavy atom. The number of fused-ring (bicyclic) bond motifs is 1. The van der Waals surface area contributed by atoms with E-state index in [1.165, 1.54) is 0 Å². The second-order valence-corrected chi connectivity index (χ2v) is 4.76. The lowest BCUT2D eigenvalue weighted by molar-refractivity contribution is 0.0925. The summed E-state index contributed by atoms with van der Waals surface area (Å²) >= 11 is 0. The fourth-order valence-electron chi connectivity index (χ4n) is 2.44. The highest BCUT2D eigenvalue weighted by Crippen LogP contribution is 2.29. The molecular weight excluding hydrogens is 282 g/mol. The van der Waals surface area contributed by atoms with Crippen LogP contribution < -0.4 is 4.90 Å². The smallest absolute Gasteiger partial charge is 0.267 e. The molecule has 0 atom stereocenters. The highest BCUT2D eigenvalue weighted by molar-refractivity contribution is 6.34. The number of anilines is 1. The molecule has 106 valence electrons. The lowest BCUT2D eigenvalue weighted by atomic mass is 10.0. The van der Waals surface area contributed by atoms with E-state index in [1.807, 2.05) is 0 Å². The van der Waals surface area contributed by atoms with E-state index in [1.54, 1.807) is 48.8 Å². The molecule has 4 rings (SSSR count). The van der Waals surface area contributed by atoms with Gasteiger partial charge in [-0.3, -0.25) is 14.7 Å². The van der Waals surface area contributed by atoms with E-state index in [9.17, 15) is 9.59 Å². The predicted molar refractivity (Wildman–Crippen MR) is 77.2 cm³/mol. The van der Waals surface area contributed by atoms with E-state index >= 15 is 0 Å². The van der Waals surface area contributed by atoms with Gasteiger partial charge in [0.15, 0.2) is 0 Å². The molecule has 7 heteroatoms. The van der Waals surface area contributed by atoms with Gasteiger partial charge in [-0.15, -0.1) is 5.10 Å². The Labute approximate surface area is 124 Å². The highest BCUT2D eigenvalue weighted by Gasteiger charge is 2.37. The van der Waals surface area contributed by atoms with Crippen molar-refractivity contribution in [2.45, 2.75) is 0 Å². The normalized spacial score (nSPS) is 13.5. The van der Waals surface area contributed by atoms with Crippen LogP contribution in [0.25, 0.3) is 11.3 Å². The quantitative estimate of drug-likeness (QED) is 0.725. The molecule has 0 fully saturated rings. The van der Waals surface area contributed by atoms with Crippen LogP contribution in [0.15, 0.2) is 48.8 Å². The number of rotatable bonds is 2. The summed E-state index contributed by atoms with van der Waals surface area (Å²) in [5.41, 5.74) is 2.14. The van der Waals surface area contributed by atoms with Gasteiger partial charge in [0.05, 0.1) is 23.0 Å². The molecule has 1 aliphatic rings. The van der Waals surface area contributed by atoms with E-state index in [0.29, 0.717) is 22.6 Å². The van der Waals surface area contributed by atoms with Crippen LogP contribution >= 0.6 is 0 Å². The lowest BCUT2D eigenvalue weighted by Gasteiger charge is -2.11. The Hall–Kier alpha value is -3.35. The molecule has 0 saturated carbocycles. The molecule has 2 aromatic heterocycles. The van der Waals surface area contributed by atoms with Crippen molar-refractivity contribution in [2.24, 2.45) is 0 Å². The first kappa shape index (κ1) is 12.4. The minimum Gasteiger partial charge on any atom is -0.268 e. The van der Waals surface area contributed by atoms with Crippen molar-refractivity contribution in [1.82, 2.24) is 20.4 Å². The third-order valence-corrected chi connectivity index (χ3v) is 3.49. The number of carbonyl (C=O) groups is 2. The number of aromatic nitrogens is 4. The Morgan fingerprint density at radius 1 is 1.00 bits per heavy atom. The highest BCUT2D eigenvalue weighted by atomic mass is 16.2. The van der Waals surface area contributed by atoms with Gasteiger partial charge in [-0.05, 0) is 24.3 Å². The molecule has 0 bridgehead atoms. The van der Waals surface area contributed by atoms with Gasteiger partial charge < -0.3 is 0 Å². The van der Waals surface area contributed by atoms with Crippen molar-refractivity contribution in [3.05, 3.63) is 59.9 Å². The van der Waals surface area contributed by atoms with E-state index in [4.69, 9.17) is 0 Å². The maximum absolute atomic E-state index is 12.6. The van der Waals surface area contributed by atoms with Crippen LogP contribution in [0.2, 0.25) is 0 Å². The number of benzene rings is 1. The first-order chi connectivity index (χ1) is 10.8. The molecule has 2 amide bonds. The van der Waals surface area contributed by atoms with Gasteiger partial charge in [0.25, 0.3) is 11.8 Å². The number of aromatic amines is 1. The molecule has 0 saturated heterocycles. The number of H-pyrrole nitrogens is 1. The summed E-state index contributed by atoms with van der Waals surface area (Å²) in [7, 11) is 0. The van der Waals surface area contributed by atoms with Crippen molar-refractivity contribution in [2.75, 3.05) is 4.90 Å². The molecular formula is C15H9N5O2. The second kappa shape index (κ2) is 4.59. The van der Waals surface area contributed by atoms with Crippen LogP contribution in [0.4, 0.5) is 5.82 Å². The summed E-state index contributed by atoms with van der Waals surface area (Å²) in [6, 6.07) is 10.1. The summed E-state index contributed by atoms with van der Waals surface area (Å²) in [5.74, 6) is -0.431. The molecule has 22 heavy (non-hydrogen) atoms. The number of hydrogen-bond acceptors (Lipinski definition) is 5. The van der Waals surface area contributed by atoms with Crippen molar-refractivity contribution < 1.29 is 9.59 Å². The number of hydrogen-bond donors (Lipinski definition) is 1. The van der Waals surface area contributed by atoms with Crippen molar-refractivity contribution in [3.8, 4) is 11.3 Å². The van der Waals surface area contributed by atoms with Gasteiger partial charge in [-0.1, -0.05) is 17.3 Å². The molecule has 7 nitrogen and oxygen atoms in total. The minimum atomic E-state index is -0.381. The average Bonchev–Trinajstić information content (AvgIpc) is 3.16. The van der Waals surface area contributed by atoms with Crippen molar-refractivity contribution >= 4 is 17.6 Å². The Balaban J connectivity index is 1.81.